The monoisotopic (exact) mass is 167 g/mol. The van der Waals surface area contributed by atoms with Gasteiger partial charge in [-0.15, -0.1) is 0 Å². The van der Waals surface area contributed by atoms with Gasteiger partial charge in [-0.2, -0.15) is 0 Å². The van der Waals surface area contributed by atoms with E-state index in [0.29, 0.717) is 0 Å². The Balaban J connectivity index is 4.71. The molecule has 0 amide bonds. The molecule has 0 aromatic heterocycles. The molecule has 0 aliphatic rings. The summed E-state index contributed by atoms with van der Waals surface area (Å²) in [6.07, 6.45) is 0. The molecule has 0 aliphatic heterocycles. The highest BCUT2D eigenvalue weighted by Crippen LogP contribution is 2.17. The summed E-state index contributed by atoms with van der Waals surface area (Å²) in [5.74, 6) is 0. The molecule has 0 aromatic rings. The van der Waals surface area contributed by atoms with E-state index in [0.717, 1.165) is 5.70 Å². The Labute approximate surface area is 76.6 Å². The van der Waals surface area contributed by atoms with Crippen molar-refractivity contribution in [1.82, 2.24) is 0 Å². The van der Waals surface area contributed by atoms with E-state index < -0.39 is 0 Å². The summed E-state index contributed by atoms with van der Waals surface area (Å²) >= 11 is 0. The maximum atomic E-state index is 4.54. The highest BCUT2D eigenvalue weighted by molar-refractivity contribution is 5.87. The quantitative estimate of drug-likeness (QED) is 0.527. The molecule has 0 aliphatic carbocycles. The summed E-state index contributed by atoms with van der Waals surface area (Å²) in [7, 11) is 0. The van der Waals surface area contributed by atoms with Gasteiger partial charge in [0.05, 0.1) is 0 Å². The molecule has 1 heteroatoms. The number of aliphatic imine (C=N–C) groups is 1. The Morgan fingerprint density at radius 2 is 1.33 bits per heavy atom. The van der Waals surface area contributed by atoms with Gasteiger partial charge in [-0.1, -0.05) is 26.3 Å². The third kappa shape index (κ3) is 3.70. The first kappa shape index (κ1) is 11.4. The Morgan fingerprint density at radius 3 is 1.58 bits per heavy atom. The maximum absolute atomic E-state index is 4.54. The van der Waals surface area contributed by atoms with Crippen molar-refractivity contribution in [1.29, 1.82) is 0 Å². The van der Waals surface area contributed by atoms with Crippen molar-refractivity contribution in [2.75, 3.05) is 0 Å². The van der Waals surface area contributed by atoms with Crippen molar-refractivity contribution in [3.63, 3.8) is 0 Å². The van der Waals surface area contributed by atoms with Crippen LogP contribution >= 0.6 is 0 Å². The predicted molar refractivity (Wildman–Crippen MR) is 56.6 cm³/mol. The van der Waals surface area contributed by atoms with Gasteiger partial charge in [-0.05, 0) is 33.1 Å². The molecular weight excluding hydrogens is 146 g/mol. The Morgan fingerprint density at radius 1 is 0.917 bits per heavy atom. The van der Waals surface area contributed by atoms with E-state index in [1.807, 2.05) is 0 Å². The highest BCUT2D eigenvalue weighted by atomic mass is 14.8. The molecule has 1 nitrogen and oxygen atoms in total. The molecule has 0 radical (unpaired) electrons. The van der Waals surface area contributed by atoms with Crippen LogP contribution in [0.25, 0.3) is 0 Å². The fraction of sp³-hybridized carbons (Fsp3) is 0.727. The van der Waals surface area contributed by atoms with Crippen molar-refractivity contribution in [2.45, 2.75) is 48.5 Å². The van der Waals surface area contributed by atoms with E-state index in [1.165, 1.54) is 11.3 Å². The average Bonchev–Trinajstić information content (AvgIpc) is 1.85. The van der Waals surface area contributed by atoms with Gasteiger partial charge >= 0.3 is 0 Å². The largest absolute Gasteiger partial charge is 0.262 e. The second-order valence-corrected chi connectivity index (χ2v) is 4.53. The molecule has 12 heavy (non-hydrogen) atoms. The molecule has 0 saturated carbocycles. The first-order valence-corrected chi connectivity index (χ1v) is 4.45. The maximum Gasteiger partial charge on any atom is 0.0358 e. The van der Waals surface area contributed by atoms with Crippen molar-refractivity contribution in [3.05, 3.63) is 11.3 Å². The number of allylic oxidation sites excluding steroid dienone is 2. The minimum Gasteiger partial charge on any atom is -0.262 e. The van der Waals surface area contributed by atoms with Crippen molar-refractivity contribution in [3.8, 4) is 0 Å². The number of hydrogen-bond donors (Lipinski definition) is 0. The van der Waals surface area contributed by atoms with Gasteiger partial charge in [0.25, 0.3) is 0 Å². The second-order valence-electron chi connectivity index (χ2n) is 4.53. The van der Waals surface area contributed by atoms with E-state index >= 15 is 0 Å². The molecule has 0 aromatic carbocycles. The summed E-state index contributed by atoms with van der Waals surface area (Å²) < 4.78 is 0. The minimum atomic E-state index is 0.191. The normalized spacial score (nSPS) is 13.1. The summed E-state index contributed by atoms with van der Waals surface area (Å²) in [4.78, 5) is 4.54. The highest BCUT2D eigenvalue weighted by Gasteiger charge is 2.13. The van der Waals surface area contributed by atoms with Crippen LogP contribution in [0.15, 0.2) is 16.3 Å². The molecule has 70 valence electrons. The minimum absolute atomic E-state index is 0.191. The number of hydrogen-bond acceptors (Lipinski definition) is 1. The van der Waals surface area contributed by atoms with Crippen LogP contribution < -0.4 is 0 Å². The summed E-state index contributed by atoms with van der Waals surface area (Å²) in [6, 6.07) is 0. The average molecular weight is 167 g/mol. The lowest BCUT2D eigenvalue weighted by Crippen LogP contribution is -2.16. The molecular formula is C11H21N. The SMILES string of the molecule is CC(=NC(C)=C(C)C)C(C)(C)C. The van der Waals surface area contributed by atoms with Gasteiger partial charge in [-0.3, -0.25) is 4.99 Å². The molecule has 0 heterocycles. The molecule has 0 N–H and O–H groups in total. The fourth-order valence-electron chi connectivity index (χ4n) is 0.531. The van der Waals surface area contributed by atoms with Crippen LogP contribution in [-0.2, 0) is 0 Å². The van der Waals surface area contributed by atoms with Crippen molar-refractivity contribution in [2.24, 2.45) is 10.4 Å². The second kappa shape index (κ2) is 3.88. The summed E-state index contributed by atoms with van der Waals surface area (Å²) in [5, 5.41) is 0. The fourth-order valence-corrected chi connectivity index (χ4v) is 0.531. The standard InChI is InChI=1S/C11H21N/c1-8(2)9(3)12-10(4)11(5,6)7/h1-7H3. The van der Waals surface area contributed by atoms with Crippen LogP contribution in [-0.4, -0.2) is 5.71 Å². The molecule has 0 saturated heterocycles. The summed E-state index contributed by atoms with van der Waals surface area (Å²) in [5.41, 5.74) is 3.82. The Bertz CT molecular complexity index is 210. The van der Waals surface area contributed by atoms with E-state index in [-0.39, 0.29) is 5.41 Å². The van der Waals surface area contributed by atoms with Crippen LogP contribution in [0.4, 0.5) is 0 Å². The van der Waals surface area contributed by atoms with E-state index in [1.54, 1.807) is 0 Å². The third-order valence-electron chi connectivity index (χ3n) is 2.14. The zero-order valence-electron chi connectivity index (χ0n) is 9.45. The topological polar surface area (TPSA) is 12.4 Å². The van der Waals surface area contributed by atoms with Crippen molar-refractivity contribution >= 4 is 5.71 Å². The van der Waals surface area contributed by atoms with Gasteiger partial charge in [0.15, 0.2) is 0 Å². The van der Waals surface area contributed by atoms with Crippen LogP contribution in [0.5, 0.6) is 0 Å². The lowest BCUT2D eigenvalue weighted by molar-refractivity contribution is 0.587. The lowest BCUT2D eigenvalue weighted by atomic mass is 9.91. The molecule has 0 fully saturated rings. The van der Waals surface area contributed by atoms with Gasteiger partial charge < -0.3 is 0 Å². The number of nitrogens with zero attached hydrogens (tertiary/aromatic N) is 1. The van der Waals surface area contributed by atoms with Gasteiger partial charge in [-0.25, -0.2) is 0 Å². The van der Waals surface area contributed by atoms with Gasteiger partial charge in [0, 0.05) is 11.4 Å². The lowest BCUT2D eigenvalue weighted by Gasteiger charge is -2.18. The van der Waals surface area contributed by atoms with Crippen LogP contribution in [0.2, 0.25) is 0 Å². The van der Waals surface area contributed by atoms with E-state index in [2.05, 4.69) is 53.5 Å². The van der Waals surface area contributed by atoms with E-state index in [9.17, 15) is 0 Å². The summed E-state index contributed by atoms with van der Waals surface area (Å²) in [6.45, 7) is 14.9. The Hall–Kier alpha value is -0.590. The molecule has 0 spiro atoms. The first-order chi connectivity index (χ1) is 5.25. The molecule has 0 atom stereocenters. The van der Waals surface area contributed by atoms with Crippen LogP contribution in [0, 0.1) is 5.41 Å². The molecule has 0 rings (SSSR count). The molecule has 0 bridgehead atoms. The zero-order chi connectivity index (χ0) is 9.94. The smallest absolute Gasteiger partial charge is 0.0358 e. The first-order valence-electron chi connectivity index (χ1n) is 4.45. The molecule has 0 unspecified atom stereocenters. The van der Waals surface area contributed by atoms with Gasteiger partial charge in [0.2, 0.25) is 0 Å². The zero-order valence-corrected chi connectivity index (χ0v) is 9.45. The van der Waals surface area contributed by atoms with E-state index in [4.69, 9.17) is 0 Å². The Kier molecular flexibility index (Phi) is 3.69. The third-order valence-corrected chi connectivity index (χ3v) is 2.14. The number of rotatable bonds is 1. The predicted octanol–water partition coefficient (Wildman–Crippen LogP) is 3.81. The van der Waals surface area contributed by atoms with Crippen LogP contribution in [0.3, 0.4) is 0 Å². The van der Waals surface area contributed by atoms with Gasteiger partial charge in [0.1, 0.15) is 0 Å². The van der Waals surface area contributed by atoms with Crippen LogP contribution in [0.1, 0.15) is 48.5 Å². The van der Waals surface area contributed by atoms with Crippen molar-refractivity contribution < 1.29 is 0 Å².